The number of carbonyl (C=O) groups excluding carboxylic acids is 2. The summed E-state index contributed by atoms with van der Waals surface area (Å²) in [7, 11) is 0. The molecule has 1 aliphatic heterocycles. The lowest BCUT2D eigenvalue weighted by Gasteiger charge is -2.35. The van der Waals surface area contributed by atoms with Crippen LogP contribution >= 0.6 is 23.2 Å². The highest BCUT2D eigenvalue weighted by molar-refractivity contribution is 6.30. The first-order valence-corrected chi connectivity index (χ1v) is 9.97. The maximum absolute atomic E-state index is 12.4. The van der Waals surface area contributed by atoms with Crippen molar-refractivity contribution >= 4 is 40.8 Å². The molecule has 3 rings (SSSR count). The van der Waals surface area contributed by atoms with E-state index in [1.54, 1.807) is 30.3 Å². The zero-order valence-electron chi connectivity index (χ0n) is 15.4. The molecule has 0 spiro atoms. The highest BCUT2D eigenvalue weighted by Crippen LogP contribution is 2.17. The molecule has 2 aromatic rings. The number of amides is 2. The predicted molar refractivity (Wildman–Crippen MR) is 111 cm³/mol. The van der Waals surface area contributed by atoms with Gasteiger partial charge in [0.2, 0.25) is 5.91 Å². The number of rotatable bonds is 6. The largest absolute Gasteiger partial charge is 0.353 e. The summed E-state index contributed by atoms with van der Waals surface area (Å²) >= 11 is 11.8. The number of aromatic nitrogens is 1. The van der Waals surface area contributed by atoms with E-state index >= 15 is 0 Å². The first-order valence-electron chi connectivity index (χ1n) is 9.22. The molecule has 1 aromatic heterocycles. The number of piperazine rings is 1. The molecule has 0 bridgehead atoms. The highest BCUT2D eigenvalue weighted by atomic mass is 35.5. The van der Waals surface area contributed by atoms with Crippen LogP contribution in [0.15, 0.2) is 42.5 Å². The Balaban J connectivity index is 1.36. The second kappa shape index (κ2) is 9.75. The summed E-state index contributed by atoms with van der Waals surface area (Å²) < 4.78 is 0. The number of hydrogen-bond acceptors (Lipinski definition) is 4. The van der Waals surface area contributed by atoms with Crippen LogP contribution in [0.1, 0.15) is 23.2 Å². The summed E-state index contributed by atoms with van der Waals surface area (Å²) in [6, 6.07) is 12.3. The van der Waals surface area contributed by atoms with E-state index < -0.39 is 0 Å². The fourth-order valence-electron chi connectivity index (χ4n) is 3.06. The molecule has 1 aromatic carbocycles. The van der Waals surface area contributed by atoms with Crippen LogP contribution in [0.5, 0.6) is 0 Å². The van der Waals surface area contributed by atoms with Gasteiger partial charge in [-0.05, 0) is 42.8 Å². The third kappa shape index (κ3) is 5.59. The molecule has 0 aliphatic carbocycles. The molecule has 2 amide bonds. The smallest absolute Gasteiger partial charge is 0.251 e. The van der Waals surface area contributed by atoms with Crippen molar-refractivity contribution in [1.82, 2.24) is 15.2 Å². The minimum Gasteiger partial charge on any atom is -0.353 e. The molecule has 6 nitrogen and oxygen atoms in total. The Morgan fingerprint density at radius 2 is 1.71 bits per heavy atom. The van der Waals surface area contributed by atoms with E-state index in [2.05, 4.69) is 15.2 Å². The maximum atomic E-state index is 12.4. The van der Waals surface area contributed by atoms with Gasteiger partial charge in [0.1, 0.15) is 11.0 Å². The number of nitrogens with one attached hydrogen (secondary N) is 1. The van der Waals surface area contributed by atoms with Crippen LogP contribution in [0.25, 0.3) is 0 Å². The molecular weight excluding hydrogens is 399 g/mol. The predicted octanol–water partition coefficient (Wildman–Crippen LogP) is 3.25. The Bertz CT molecular complexity index is 821. The lowest BCUT2D eigenvalue weighted by molar-refractivity contribution is -0.131. The average molecular weight is 421 g/mol. The Morgan fingerprint density at radius 3 is 2.39 bits per heavy atom. The van der Waals surface area contributed by atoms with Crippen molar-refractivity contribution in [3.63, 3.8) is 0 Å². The van der Waals surface area contributed by atoms with Gasteiger partial charge in [-0.1, -0.05) is 29.3 Å². The van der Waals surface area contributed by atoms with Crippen molar-refractivity contribution in [3.8, 4) is 0 Å². The van der Waals surface area contributed by atoms with E-state index in [0.717, 1.165) is 18.9 Å². The van der Waals surface area contributed by atoms with Crippen molar-refractivity contribution in [2.24, 2.45) is 0 Å². The average Bonchev–Trinajstić information content (AvgIpc) is 2.71. The van der Waals surface area contributed by atoms with E-state index in [0.29, 0.717) is 48.2 Å². The lowest BCUT2D eigenvalue weighted by atomic mass is 10.2. The molecule has 1 fully saturated rings. The van der Waals surface area contributed by atoms with Gasteiger partial charge in [-0.3, -0.25) is 9.59 Å². The second-order valence-electron chi connectivity index (χ2n) is 6.55. The van der Waals surface area contributed by atoms with Gasteiger partial charge in [0.05, 0.1) is 0 Å². The fraction of sp³-hybridized carbons (Fsp3) is 0.350. The fourth-order valence-corrected chi connectivity index (χ4v) is 3.35. The number of carbonyl (C=O) groups is 2. The lowest BCUT2D eigenvalue weighted by Crippen LogP contribution is -2.49. The monoisotopic (exact) mass is 420 g/mol. The van der Waals surface area contributed by atoms with Gasteiger partial charge in [-0.15, -0.1) is 0 Å². The summed E-state index contributed by atoms with van der Waals surface area (Å²) in [6.45, 7) is 3.23. The summed E-state index contributed by atoms with van der Waals surface area (Å²) in [5.74, 6) is 0.788. The Hall–Kier alpha value is -2.31. The van der Waals surface area contributed by atoms with Crippen molar-refractivity contribution in [1.29, 1.82) is 0 Å². The third-order valence-corrected chi connectivity index (χ3v) is 5.08. The van der Waals surface area contributed by atoms with E-state index in [-0.39, 0.29) is 11.8 Å². The SMILES string of the molecule is O=C(NCCCC(=O)N1CCN(c2cccc(Cl)n2)CC1)c1ccc(Cl)cc1. The number of anilines is 1. The van der Waals surface area contributed by atoms with Gasteiger partial charge in [-0.25, -0.2) is 4.98 Å². The Labute approximate surface area is 174 Å². The highest BCUT2D eigenvalue weighted by Gasteiger charge is 2.21. The van der Waals surface area contributed by atoms with Crippen LogP contribution in [0.4, 0.5) is 5.82 Å². The molecule has 28 heavy (non-hydrogen) atoms. The van der Waals surface area contributed by atoms with E-state index in [1.165, 1.54) is 0 Å². The van der Waals surface area contributed by atoms with Crippen LogP contribution in [0.2, 0.25) is 10.2 Å². The van der Waals surface area contributed by atoms with Crippen LogP contribution in [-0.2, 0) is 4.79 Å². The molecule has 8 heteroatoms. The summed E-state index contributed by atoms with van der Waals surface area (Å²) in [6.07, 6.45) is 1.02. The number of halogens is 2. The quantitative estimate of drug-likeness (QED) is 0.575. The van der Waals surface area contributed by atoms with Gasteiger partial charge in [0, 0.05) is 49.7 Å². The molecule has 1 saturated heterocycles. The molecular formula is C20H22Cl2N4O2. The number of hydrogen-bond donors (Lipinski definition) is 1. The van der Waals surface area contributed by atoms with Crippen LogP contribution in [0, 0.1) is 0 Å². The molecule has 1 N–H and O–H groups in total. The first kappa shape index (κ1) is 20.4. The number of benzene rings is 1. The van der Waals surface area contributed by atoms with Crippen molar-refractivity contribution < 1.29 is 9.59 Å². The van der Waals surface area contributed by atoms with Crippen LogP contribution in [0.3, 0.4) is 0 Å². The topological polar surface area (TPSA) is 65.5 Å². The van der Waals surface area contributed by atoms with Crippen molar-refractivity contribution in [2.75, 3.05) is 37.6 Å². The van der Waals surface area contributed by atoms with E-state index in [1.807, 2.05) is 17.0 Å². The van der Waals surface area contributed by atoms with Gasteiger partial charge in [0.25, 0.3) is 5.91 Å². The van der Waals surface area contributed by atoms with Crippen LogP contribution < -0.4 is 10.2 Å². The molecule has 0 atom stereocenters. The number of pyridine rings is 1. The summed E-state index contributed by atoms with van der Waals surface area (Å²) in [5.41, 5.74) is 0.557. The van der Waals surface area contributed by atoms with E-state index in [9.17, 15) is 9.59 Å². The zero-order valence-corrected chi connectivity index (χ0v) is 16.9. The summed E-state index contributed by atoms with van der Waals surface area (Å²) in [5, 5.41) is 3.89. The summed E-state index contributed by atoms with van der Waals surface area (Å²) in [4.78, 5) is 32.7. The van der Waals surface area contributed by atoms with Crippen molar-refractivity contribution in [2.45, 2.75) is 12.8 Å². The zero-order chi connectivity index (χ0) is 19.9. The second-order valence-corrected chi connectivity index (χ2v) is 7.38. The molecule has 0 unspecified atom stereocenters. The third-order valence-electron chi connectivity index (χ3n) is 4.62. The maximum Gasteiger partial charge on any atom is 0.251 e. The number of nitrogens with zero attached hydrogens (tertiary/aromatic N) is 3. The van der Waals surface area contributed by atoms with Gasteiger partial charge < -0.3 is 15.1 Å². The minimum absolute atomic E-state index is 0.111. The Kier molecular flexibility index (Phi) is 7.12. The van der Waals surface area contributed by atoms with Gasteiger partial charge >= 0.3 is 0 Å². The molecule has 2 heterocycles. The minimum atomic E-state index is -0.160. The molecule has 148 valence electrons. The van der Waals surface area contributed by atoms with Gasteiger partial charge in [-0.2, -0.15) is 0 Å². The van der Waals surface area contributed by atoms with E-state index in [4.69, 9.17) is 23.2 Å². The van der Waals surface area contributed by atoms with Crippen molar-refractivity contribution in [3.05, 3.63) is 58.2 Å². The van der Waals surface area contributed by atoms with Gasteiger partial charge in [0.15, 0.2) is 0 Å². The molecule has 0 radical (unpaired) electrons. The standard InChI is InChI=1S/C20H22Cl2N4O2/c21-16-8-6-15(7-9-16)20(28)23-10-2-5-19(27)26-13-11-25(12-14-26)18-4-1-3-17(22)24-18/h1,3-4,6-9H,2,5,10-14H2,(H,23,28). The molecule has 0 saturated carbocycles. The Morgan fingerprint density at radius 1 is 1.00 bits per heavy atom. The normalized spacial score (nSPS) is 14.1. The first-order chi connectivity index (χ1) is 13.5. The molecule has 1 aliphatic rings. The van der Waals surface area contributed by atoms with Crippen LogP contribution in [-0.4, -0.2) is 54.4 Å².